The molecule has 0 saturated heterocycles. The predicted molar refractivity (Wildman–Crippen MR) is 89.9 cm³/mol. The summed E-state index contributed by atoms with van der Waals surface area (Å²) in [5.41, 5.74) is 4.26. The molecule has 0 saturated carbocycles. The predicted octanol–water partition coefficient (Wildman–Crippen LogP) is 4.33. The summed E-state index contributed by atoms with van der Waals surface area (Å²) < 4.78 is 3.24. The average molecular weight is 365 g/mol. The van der Waals surface area contributed by atoms with Crippen LogP contribution < -0.4 is 0 Å². The Morgan fingerprint density at radius 1 is 1.19 bits per heavy atom. The first kappa shape index (κ1) is 14.5. The fourth-order valence-corrected chi connectivity index (χ4v) is 2.83. The van der Waals surface area contributed by atoms with Gasteiger partial charge in [-0.1, -0.05) is 28.1 Å². The largest absolute Gasteiger partial charge is 0.308 e. The van der Waals surface area contributed by atoms with E-state index in [-0.39, 0.29) is 0 Å². The molecule has 0 spiro atoms. The summed E-state index contributed by atoms with van der Waals surface area (Å²) in [6.07, 6.45) is 2.58. The Balaban J connectivity index is 2.08. The molecule has 3 nitrogen and oxygen atoms in total. The molecule has 0 atom stereocenters. The van der Waals surface area contributed by atoms with Crippen molar-refractivity contribution in [3.05, 3.63) is 58.0 Å². The molecule has 0 amide bonds. The maximum absolute atomic E-state index is 5.92. The van der Waals surface area contributed by atoms with E-state index in [0.29, 0.717) is 5.88 Å². The second-order valence-corrected chi connectivity index (χ2v) is 6.27. The van der Waals surface area contributed by atoms with Crippen molar-refractivity contribution in [1.29, 1.82) is 0 Å². The van der Waals surface area contributed by atoms with Crippen LogP contribution in [-0.2, 0) is 13.0 Å². The van der Waals surface area contributed by atoms with Gasteiger partial charge in [-0.25, -0.2) is 9.97 Å². The molecule has 1 aromatic carbocycles. The second-order valence-electron chi connectivity index (χ2n) is 4.98. The fourth-order valence-electron chi connectivity index (χ4n) is 2.40. The first-order chi connectivity index (χ1) is 10.2. The van der Waals surface area contributed by atoms with Crippen molar-refractivity contribution < 1.29 is 0 Å². The normalized spacial score (nSPS) is 11.2. The number of alkyl halides is 1. The van der Waals surface area contributed by atoms with Gasteiger partial charge < -0.3 is 4.57 Å². The molecule has 2 aromatic heterocycles. The van der Waals surface area contributed by atoms with E-state index in [2.05, 4.69) is 44.5 Å². The molecule has 0 aliphatic heterocycles. The van der Waals surface area contributed by atoms with Crippen molar-refractivity contribution in [3.8, 4) is 0 Å². The third-order valence-corrected chi connectivity index (χ3v) is 4.20. The van der Waals surface area contributed by atoms with Gasteiger partial charge in [-0.05, 0) is 36.2 Å². The number of pyridine rings is 1. The molecule has 3 aromatic rings. The summed E-state index contributed by atoms with van der Waals surface area (Å²) in [7, 11) is 0. The summed E-state index contributed by atoms with van der Waals surface area (Å²) in [6, 6.07) is 10.3. The van der Waals surface area contributed by atoms with Gasteiger partial charge in [0.05, 0.1) is 6.54 Å². The van der Waals surface area contributed by atoms with E-state index in [9.17, 15) is 0 Å². The molecule has 5 heteroatoms. The topological polar surface area (TPSA) is 30.7 Å². The van der Waals surface area contributed by atoms with Crippen LogP contribution in [-0.4, -0.2) is 20.4 Å². The number of aromatic nitrogens is 3. The average Bonchev–Trinajstić information content (AvgIpc) is 2.82. The van der Waals surface area contributed by atoms with Gasteiger partial charge in [0.25, 0.3) is 0 Å². The number of hydrogen-bond donors (Lipinski definition) is 0. The van der Waals surface area contributed by atoms with E-state index in [0.717, 1.165) is 40.0 Å². The van der Waals surface area contributed by atoms with Crippen molar-refractivity contribution in [2.45, 2.75) is 19.9 Å². The molecule has 108 valence electrons. The summed E-state index contributed by atoms with van der Waals surface area (Å²) >= 11 is 9.38. The van der Waals surface area contributed by atoms with Gasteiger partial charge in [0.15, 0.2) is 5.65 Å². The van der Waals surface area contributed by atoms with Crippen molar-refractivity contribution in [3.63, 3.8) is 0 Å². The van der Waals surface area contributed by atoms with Crippen molar-refractivity contribution >= 4 is 38.7 Å². The lowest BCUT2D eigenvalue weighted by atomic mass is 10.2. The molecular weight excluding hydrogens is 350 g/mol. The van der Waals surface area contributed by atoms with Crippen LogP contribution >= 0.6 is 27.5 Å². The number of nitrogens with zero attached hydrogens (tertiary/aromatic N) is 3. The van der Waals surface area contributed by atoms with Gasteiger partial charge in [-0.2, -0.15) is 0 Å². The van der Waals surface area contributed by atoms with E-state index in [1.54, 1.807) is 0 Å². The summed E-state index contributed by atoms with van der Waals surface area (Å²) in [5.74, 6) is 1.55. The number of rotatable bonds is 4. The minimum Gasteiger partial charge on any atom is -0.308 e. The fraction of sp³-hybridized carbons (Fsp3) is 0.250. The SMILES string of the molecule is Cc1ccnc2c1nc(CCCl)n2Cc1ccc(Br)cc1. The molecular formula is C16H15BrClN3. The number of halogens is 2. The molecule has 0 unspecified atom stereocenters. The van der Waals surface area contributed by atoms with Gasteiger partial charge in [-0.15, -0.1) is 11.6 Å². The van der Waals surface area contributed by atoms with Crippen molar-refractivity contribution in [2.24, 2.45) is 0 Å². The lowest BCUT2D eigenvalue weighted by Crippen LogP contribution is -2.06. The molecule has 0 aliphatic carbocycles. The van der Waals surface area contributed by atoms with Crippen molar-refractivity contribution in [2.75, 3.05) is 5.88 Å². The van der Waals surface area contributed by atoms with Crippen LogP contribution in [0.25, 0.3) is 11.2 Å². The highest BCUT2D eigenvalue weighted by molar-refractivity contribution is 9.10. The second kappa shape index (κ2) is 6.16. The maximum atomic E-state index is 5.92. The quantitative estimate of drug-likeness (QED) is 0.645. The van der Waals surface area contributed by atoms with E-state index < -0.39 is 0 Å². The number of fused-ring (bicyclic) bond motifs is 1. The zero-order chi connectivity index (χ0) is 14.8. The summed E-state index contributed by atoms with van der Waals surface area (Å²) in [5, 5.41) is 0. The van der Waals surface area contributed by atoms with E-state index in [1.807, 2.05) is 24.4 Å². The molecule has 0 N–H and O–H groups in total. The highest BCUT2D eigenvalue weighted by Gasteiger charge is 2.13. The van der Waals surface area contributed by atoms with Gasteiger partial charge in [0.1, 0.15) is 11.3 Å². The standard InChI is InChI=1S/C16H15BrClN3/c1-11-7-9-19-16-15(11)20-14(6-8-18)21(16)10-12-2-4-13(17)5-3-12/h2-5,7,9H,6,8,10H2,1H3. The summed E-state index contributed by atoms with van der Waals surface area (Å²) in [6.45, 7) is 2.82. The zero-order valence-electron chi connectivity index (χ0n) is 11.7. The Hall–Kier alpha value is -1.39. The maximum Gasteiger partial charge on any atom is 0.160 e. The van der Waals surface area contributed by atoms with Gasteiger partial charge >= 0.3 is 0 Å². The van der Waals surface area contributed by atoms with Crippen LogP contribution in [0.5, 0.6) is 0 Å². The lowest BCUT2D eigenvalue weighted by Gasteiger charge is -2.08. The monoisotopic (exact) mass is 363 g/mol. The zero-order valence-corrected chi connectivity index (χ0v) is 14.0. The lowest BCUT2D eigenvalue weighted by molar-refractivity contribution is 0.747. The molecule has 21 heavy (non-hydrogen) atoms. The third-order valence-electron chi connectivity index (χ3n) is 3.49. The Bertz CT molecular complexity index is 765. The highest BCUT2D eigenvalue weighted by atomic mass is 79.9. The number of benzene rings is 1. The minimum atomic E-state index is 0.558. The molecule has 3 rings (SSSR count). The smallest absolute Gasteiger partial charge is 0.160 e. The summed E-state index contributed by atoms with van der Waals surface area (Å²) in [4.78, 5) is 9.23. The van der Waals surface area contributed by atoms with Crippen LogP contribution in [0.2, 0.25) is 0 Å². The van der Waals surface area contributed by atoms with Crippen LogP contribution in [0.3, 0.4) is 0 Å². The van der Waals surface area contributed by atoms with E-state index in [4.69, 9.17) is 16.6 Å². The molecule has 0 radical (unpaired) electrons. The van der Waals surface area contributed by atoms with E-state index in [1.165, 1.54) is 5.56 Å². The number of aryl methyl sites for hydroxylation is 2. The Labute approximate surface area is 137 Å². The molecule has 0 fully saturated rings. The third kappa shape index (κ3) is 2.97. The minimum absolute atomic E-state index is 0.558. The Morgan fingerprint density at radius 2 is 1.95 bits per heavy atom. The van der Waals surface area contributed by atoms with Gasteiger partial charge in [0, 0.05) is 23.0 Å². The Morgan fingerprint density at radius 3 is 2.67 bits per heavy atom. The highest BCUT2D eigenvalue weighted by Crippen LogP contribution is 2.20. The van der Waals surface area contributed by atoms with Crippen LogP contribution in [0, 0.1) is 6.92 Å². The first-order valence-corrected chi connectivity index (χ1v) is 8.13. The number of imidazole rings is 1. The van der Waals surface area contributed by atoms with Crippen LogP contribution in [0.4, 0.5) is 0 Å². The van der Waals surface area contributed by atoms with Gasteiger partial charge in [0.2, 0.25) is 0 Å². The first-order valence-electron chi connectivity index (χ1n) is 6.80. The van der Waals surface area contributed by atoms with Crippen molar-refractivity contribution in [1.82, 2.24) is 14.5 Å². The van der Waals surface area contributed by atoms with Crippen LogP contribution in [0.15, 0.2) is 41.0 Å². The Kier molecular flexibility index (Phi) is 4.27. The van der Waals surface area contributed by atoms with E-state index >= 15 is 0 Å². The molecule has 2 heterocycles. The van der Waals surface area contributed by atoms with Crippen LogP contribution in [0.1, 0.15) is 17.0 Å². The van der Waals surface area contributed by atoms with Gasteiger partial charge in [-0.3, -0.25) is 0 Å². The molecule has 0 bridgehead atoms. The molecule has 0 aliphatic rings. The number of hydrogen-bond acceptors (Lipinski definition) is 2.